The predicted molar refractivity (Wildman–Crippen MR) is 52.9 cm³/mol. The van der Waals surface area contributed by atoms with Crippen molar-refractivity contribution in [3.05, 3.63) is 17.5 Å². The van der Waals surface area contributed by atoms with Crippen molar-refractivity contribution in [3.8, 4) is 0 Å². The van der Waals surface area contributed by atoms with Crippen molar-refractivity contribution < 1.29 is 14.4 Å². The Hall–Kier alpha value is -1.36. The van der Waals surface area contributed by atoms with Gasteiger partial charge in [0.25, 0.3) is 0 Å². The first-order chi connectivity index (χ1) is 7.18. The van der Waals surface area contributed by atoms with E-state index in [-0.39, 0.29) is 11.7 Å². The molecule has 1 saturated heterocycles. The van der Waals surface area contributed by atoms with Gasteiger partial charge in [0.15, 0.2) is 0 Å². The zero-order valence-corrected chi connectivity index (χ0v) is 8.64. The van der Waals surface area contributed by atoms with Crippen molar-refractivity contribution in [2.75, 3.05) is 20.1 Å². The van der Waals surface area contributed by atoms with Gasteiger partial charge < -0.3 is 14.5 Å². The first kappa shape index (κ1) is 10.2. The molecule has 0 aromatic carbocycles. The summed E-state index contributed by atoms with van der Waals surface area (Å²) in [5, 5.41) is 12.5. The highest BCUT2D eigenvalue weighted by atomic mass is 16.5. The lowest BCUT2D eigenvalue weighted by atomic mass is 9.90. The molecule has 0 saturated carbocycles. The SMILES string of the molecule is CN1CCC(c2cnoc2C(=O)O)CC1. The van der Waals surface area contributed by atoms with Gasteiger partial charge in [-0.2, -0.15) is 0 Å². The topological polar surface area (TPSA) is 66.6 Å². The average Bonchev–Trinajstić information content (AvgIpc) is 2.67. The molecule has 0 bridgehead atoms. The van der Waals surface area contributed by atoms with Gasteiger partial charge in [-0.25, -0.2) is 4.79 Å². The van der Waals surface area contributed by atoms with Gasteiger partial charge in [-0.1, -0.05) is 5.16 Å². The maximum absolute atomic E-state index is 10.8. The van der Waals surface area contributed by atoms with E-state index in [4.69, 9.17) is 9.63 Å². The molecule has 2 heterocycles. The molecule has 1 aromatic rings. The molecule has 1 aromatic heterocycles. The van der Waals surface area contributed by atoms with E-state index in [1.165, 1.54) is 0 Å². The van der Waals surface area contributed by atoms with Gasteiger partial charge in [-0.05, 0) is 38.9 Å². The molecule has 2 rings (SSSR count). The van der Waals surface area contributed by atoms with Gasteiger partial charge in [0.05, 0.1) is 6.20 Å². The van der Waals surface area contributed by atoms with Gasteiger partial charge in [0, 0.05) is 5.56 Å². The summed E-state index contributed by atoms with van der Waals surface area (Å²) >= 11 is 0. The van der Waals surface area contributed by atoms with Crippen LogP contribution in [0.4, 0.5) is 0 Å². The highest BCUT2D eigenvalue weighted by molar-refractivity contribution is 5.86. The van der Waals surface area contributed by atoms with Crippen LogP contribution in [0.15, 0.2) is 10.7 Å². The summed E-state index contributed by atoms with van der Waals surface area (Å²) in [4.78, 5) is 13.1. The molecule has 15 heavy (non-hydrogen) atoms. The van der Waals surface area contributed by atoms with E-state index >= 15 is 0 Å². The molecule has 1 aliphatic heterocycles. The molecular weight excluding hydrogens is 196 g/mol. The lowest BCUT2D eigenvalue weighted by molar-refractivity contribution is 0.0648. The third kappa shape index (κ3) is 2.02. The third-order valence-electron chi connectivity index (χ3n) is 2.95. The Morgan fingerprint density at radius 1 is 1.60 bits per heavy atom. The van der Waals surface area contributed by atoms with E-state index in [1.807, 2.05) is 0 Å². The van der Waals surface area contributed by atoms with Gasteiger partial charge in [0.1, 0.15) is 0 Å². The number of hydrogen-bond acceptors (Lipinski definition) is 4. The molecule has 0 aliphatic carbocycles. The molecule has 0 atom stereocenters. The van der Waals surface area contributed by atoms with Gasteiger partial charge in [-0.15, -0.1) is 0 Å². The van der Waals surface area contributed by atoms with Crippen LogP contribution in [-0.2, 0) is 0 Å². The number of rotatable bonds is 2. The fraction of sp³-hybridized carbons (Fsp3) is 0.600. The predicted octanol–water partition coefficient (Wildman–Crippen LogP) is 1.18. The number of likely N-dealkylation sites (tertiary alicyclic amines) is 1. The quantitative estimate of drug-likeness (QED) is 0.794. The fourth-order valence-electron chi connectivity index (χ4n) is 2.02. The monoisotopic (exact) mass is 210 g/mol. The smallest absolute Gasteiger partial charge is 0.375 e. The Balaban J connectivity index is 2.15. The van der Waals surface area contributed by atoms with Crippen LogP contribution in [-0.4, -0.2) is 41.3 Å². The Labute approximate surface area is 87.7 Å². The third-order valence-corrected chi connectivity index (χ3v) is 2.95. The lowest BCUT2D eigenvalue weighted by Crippen LogP contribution is -2.29. The summed E-state index contributed by atoms with van der Waals surface area (Å²) in [6.07, 6.45) is 3.48. The van der Waals surface area contributed by atoms with Gasteiger partial charge >= 0.3 is 5.97 Å². The summed E-state index contributed by atoms with van der Waals surface area (Å²) in [7, 11) is 2.07. The zero-order chi connectivity index (χ0) is 10.8. The van der Waals surface area contributed by atoms with E-state index in [2.05, 4.69) is 17.1 Å². The maximum Gasteiger partial charge on any atom is 0.375 e. The second-order valence-electron chi connectivity index (χ2n) is 3.99. The van der Waals surface area contributed by atoms with Crippen molar-refractivity contribution in [2.45, 2.75) is 18.8 Å². The minimum atomic E-state index is -1.03. The van der Waals surface area contributed by atoms with Crippen LogP contribution in [0.5, 0.6) is 0 Å². The molecule has 0 amide bonds. The number of piperidine rings is 1. The minimum absolute atomic E-state index is 0.00422. The molecule has 1 fully saturated rings. The fourth-order valence-corrected chi connectivity index (χ4v) is 2.02. The van der Waals surface area contributed by atoms with E-state index in [1.54, 1.807) is 6.20 Å². The Morgan fingerprint density at radius 3 is 2.87 bits per heavy atom. The van der Waals surface area contributed by atoms with Gasteiger partial charge in [-0.3, -0.25) is 0 Å². The molecule has 1 N–H and O–H groups in total. The van der Waals surface area contributed by atoms with Crippen molar-refractivity contribution in [1.82, 2.24) is 10.1 Å². The first-order valence-electron chi connectivity index (χ1n) is 5.05. The van der Waals surface area contributed by atoms with Crippen LogP contribution < -0.4 is 0 Å². The molecule has 5 nitrogen and oxygen atoms in total. The number of hydrogen-bond donors (Lipinski definition) is 1. The average molecular weight is 210 g/mol. The van der Waals surface area contributed by atoms with Crippen LogP contribution >= 0.6 is 0 Å². The highest BCUT2D eigenvalue weighted by Gasteiger charge is 2.26. The second kappa shape index (κ2) is 4.02. The summed E-state index contributed by atoms with van der Waals surface area (Å²) < 4.78 is 4.74. The largest absolute Gasteiger partial charge is 0.475 e. The molecule has 82 valence electrons. The van der Waals surface area contributed by atoms with E-state index in [0.29, 0.717) is 0 Å². The Kier molecular flexibility index (Phi) is 2.73. The maximum atomic E-state index is 10.8. The van der Waals surface area contributed by atoms with Crippen LogP contribution in [0.2, 0.25) is 0 Å². The lowest BCUT2D eigenvalue weighted by Gasteiger charge is -2.28. The van der Waals surface area contributed by atoms with Crippen LogP contribution in [0.1, 0.15) is 34.9 Å². The molecule has 0 spiro atoms. The molecule has 5 heteroatoms. The number of carbonyl (C=O) groups is 1. The Morgan fingerprint density at radius 2 is 2.27 bits per heavy atom. The van der Waals surface area contributed by atoms with Crippen molar-refractivity contribution in [3.63, 3.8) is 0 Å². The van der Waals surface area contributed by atoms with Crippen LogP contribution in [0.3, 0.4) is 0 Å². The highest BCUT2D eigenvalue weighted by Crippen LogP contribution is 2.29. The standard InChI is InChI=1S/C10H14N2O3/c1-12-4-2-7(3-5-12)8-6-11-15-9(8)10(13)14/h6-7H,2-5H2,1H3,(H,13,14). The zero-order valence-electron chi connectivity index (χ0n) is 8.64. The number of carboxylic acid groups (broad SMARTS) is 1. The van der Waals surface area contributed by atoms with E-state index in [9.17, 15) is 4.79 Å². The first-order valence-corrected chi connectivity index (χ1v) is 5.05. The minimum Gasteiger partial charge on any atom is -0.475 e. The van der Waals surface area contributed by atoms with Crippen molar-refractivity contribution >= 4 is 5.97 Å². The molecular formula is C10H14N2O3. The number of carboxylic acids is 1. The van der Waals surface area contributed by atoms with Crippen molar-refractivity contribution in [2.24, 2.45) is 0 Å². The second-order valence-corrected chi connectivity index (χ2v) is 3.99. The number of aromatic carboxylic acids is 1. The normalized spacial score (nSPS) is 19.3. The number of aromatic nitrogens is 1. The summed E-state index contributed by atoms with van der Waals surface area (Å²) in [5.41, 5.74) is 0.746. The summed E-state index contributed by atoms with van der Waals surface area (Å²) in [5.74, 6) is -0.746. The Bertz CT molecular complexity index is 353. The summed E-state index contributed by atoms with van der Waals surface area (Å²) in [6, 6.07) is 0. The van der Waals surface area contributed by atoms with E-state index in [0.717, 1.165) is 31.5 Å². The van der Waals surface area contributed by atoms with Crippen LogP contribution in [0, 0.1) is 0 Å². The van der Waals surface area contributed by atoms with Crippen molar-refractivity contribution in [1.29, 1.82) is 0 Å². The van der Waals surface area contributed by atoms with Gasteiger partial charge in [0.2, 0.25) is 5.76 Å². The van der Waals surface area contributed by atoms with E-state index < -0.39 is 5.97 Å². The molecule has 0 unspecified atom stereocenters. The number of nitrogens with zero attached hydrogens (tertiary/aromatic N) is 2. The summed E-state index contributed by atoms with van der Waals surface area (Å²) in [6.45, 7) is 1.99. The molecule has 0 radical (unpaired) electrons. The van der Waals surface area contributed by atoms with Crippen LogP contribution in [0.25, 0.3) is 0 Å². The molecule has 1 aliphatic rings.